The highest BCUT2D eigenvalue weighted by molar-refractivity contribution is 5.76. The van der Waals surface area contributed by atoms with Crippen LogP contribution in [-0.2, 0) is 0 Å². The van der Waals surface area contributed by atoms with Gasteiger partial charge in [-0.2, -0.15) is 21.0 Å². The molecule has 0 amide bonds. The molecule has 1 aromatic rings. The first-order chi connectivity index (χ1) is 9.44. The molecule has 1 rings (SSSR count). The monoisotopic (exact) mass is 268 g/mol. The molecule has 0 fully saturated rings. The van der Waals surface area contributed by atoms with Crippen molar-refractivity contribution in [1.29, 1.82) is 21.0 Å². The van der Waals surface area contributed by atoms with Crippen molar-refractivity contribution in [3.63, 3.8) is 0 Å². The molecule has 0 saturated carbocycles. The standard InChI is InChI=1S/C14H6F2N4/c1-7-11(9(3-17)4-18)8(2)14(16)12(13(7)15)10(5-19)6-20/h1-2H3. The molecule has 0 N–H and O–H groups in total. The van der Waals surface area contributed by atoms with Crippen molar-refractivity contribution in [1.82, 2.24) is 0 Å². The summed E-state index contributed by atoms with van der Waals surface area (Å²) < 4.78 is 28.3. The second-order valence-corrected chi connectivity index (χ2v) is 3.83. The van der Waals surface area contributed by atoms with Crippen molar-refractivity contribution in [2.24, 2.45) is 0 Å². The van der Waals surface area contributed by atoms with E-state index in [0.717, 1.165) is 0 Å². The van der Waals surface area contributed by atoms with Crippen molar-refractivity contribution >= 4 is 11.1 Å². The van der Waals surface area contributed by atoms with E-state index in [1.54, 1.807) is 12.1 Å². The summed E-state index contributed by atoms with van der Waals surface area (Å²) in [6, 6.07) is 5.97. The highest BCUT2D eigenvalue weighted by Gasteiger charge is 2.17. The van der Waals surface area contributed by atoms with Crippen LogP contribution in [0.5, 0.6) is 0 Å². The Labute approximate surface area is 113 Å². The lowest BCUT2D eigenvalue weighted by Gasteiger charge is -2.06. The molecule has 20 heavy (non-hydrogen) atoms. The Balaban J connectivity index is 4.35. The third kappa shape index (κ3) is 2.07. The van der Waals surface area contributed by atoms with Gasteiger partial charge in [-0.25, -0.2) is 8.78 Å². The molecule has 96 valence electrons. The Morgan fingerprint density at radius 1 is 0.700 bits per heavy atom. The van der Waals surface area contributed by atoms with Crippen molar-refractivity contribution in [3.05, 3.63) is 33.2 Å². The van der Waals surface area contributed by atoms with Gasteiger partial charge in [0.25, 0.3) is 0 Å². The molecule has 0 spiro atoms. The molecule has 0 aliphatic rings. The zero-order chi connectivity index (χ0) is 15.4. The molecule has 0 heterocycles. The normalized spacial score (nSPS) is 8.80. The summed E-state index contributed by atoms with van der Waals surface area (Å²) >= 11 is 0. The summed E-state index contributed by atoms with van der Waals surface area (Å²) in [4.78, 5) is 0. The molecule has 4 nitrogen and oxygen atoms in total. The van der Waals surface area contributed by atoms with Gasteiger partial charge >= 0.3 is 0 Å². The number of benzene rings is 1. The second kappa shape index (κ2) is 5.61. The van der Waals surface area contributed by atoms with E-state index in [1.165, 1.54) is 26.0 Å². The third-order valence-electron chi connectivity index (χ3n) is 2.79. The number of hydrogen-bond donors (Lipinski definition) is 0. The Kier molecular flexibility index (Phi) is 4.17. The number of hydrogen-bond acceptors (Lipinski definition) is 4. The van der Waals surface area contributed by atoms with Crippen LogP contribution in [0.2, 0.25) is 0 Å². The van der Waals surface area contributed by atoms with Crippen molar-refractivity contribution in [2.75, 3.05) is 0 Å². The smallest absolute Gasteiger partial charge is 0.142 e. The fourth-order valence-electron chi connectivity index (χ4n) is 1.84. The average molecular weight is 268 g/mol. The maximum absolute atomic E-state index is 14.2. The lowest BCUT2D eigenvalue weighted by atomic mass is 9.99. The van der Waals surface area contributed by atoms with E-state index >= 15 is 0 Å². The van der Waals surface area contributed by atoms with E-state index in [9.17, 15) is 8.78 Å². The van der Waals surface area contributed by atoms with Crippen molar-refractivity contribution in [2.45, 2.75) is 13.8 Å². The lowest BCUT2D eigenvalue weighted by Crippen LogP contribution is -2.29. The van der Waals surface area contributed by atoms with Gasteiger partial charge in [-0.1, -0.05) is 0 Å². The SMILES string of the molecule is Cc1c(F)c(=C(C#N)C#N)c(F)c(C)c1=C(C#N)C#N. The van der Waals surface area contributed by atoms with Gasteiger partial charge in [0.15, 0.2) is 0 Å². The van der Waals surface area contributed by atoms with Crippen LogP contribution in [0, 0.1) is 70.8 Å². The van der Waals surface area contributed by atoms with E-state index in [4.69, 9.17) is 21.0 Å². The predicted octanol–water partition coefficient (Wildman–Crippen LogP) is 0.977. The van der Waals surface area contributed by atoms with Crippen LogP contribution in [0.1, 0.15) is 11.1 Å². The minimum Gasteiger partial charge on any atom is -0.206 e. The van der Waals surface area contributed by atoms with Gasteiger partial charge in [0, 0.05) is 5.22 Å². The van der Waals surface area contributed by atoms with Crippen LogP contribution in [0.3, 0.4) is 0 Å². The van der Waals surface area contributed by atoms with E-state index in [0.29, 0.717) is 0 Å². The predicted molar refractivity (Wildman–Crippen MR) is 64.3 cm³/mol. The first-order valence-corrected chi connectivity index (χ1v) is 5.27. The summed E-state index contributed by atoms with van der Waals surface area (Å²) in [6.45, 7) is 2.50. The largest absolute Gasteiger partial charge is 0.206 e. The summed E-state index contributed by atoms with van der Waals surface area (Å²) in [5.74, 6) is -2.24. The molecule has 6 heteroatoms. The Bertz CT molecular complexity index is 742. The van der Waals surface area contributed by atoms with Gasteiger partial charge in [0.2, 0.25) is 0 Å². The van der Waals surface area contributed by atoms with E-state index in [1.807, 2.05) is 0 Å². The van der Waals surface area contributed by atoms with Gasteiger partial charge in [0.1, 0.15) is 47.1 Å². The van der Waals surface area contributed by atoms with E-state index < -0.39 is 28.0 Å². The number of nitrogens with zero attached hydrogens (tertiary/aromatic N) is 4. The Morgan fingerprint density at radius 2 is 1.00 bits per heavy atom. The second-order valence-electron chi connectivity index (χ2n) is 3.83. The summed E-state index contributed by atoms with van der Waals surface area (Å²) in [7, 11) is 0. The minimum atomic E-state index is -1.12. The zero-order valence-electron chi connectivity index (χ0n) is 10.5. The third-order valence-corrected chi connectivity index (χ3v) is 2.79. The lowest BCUT2D eigenvalue weighted by molar-refractivity contribution is 0.553. The highest BCUT2D eigenvalue weighted by atomic mass is 19.1. The van der Waals surface area contributed by atoms with Crippen LogP contribution in [0.25, 0.3) is 11.1 Å². The molecule has 0 saturated heterocycles. The topological polar surface area (TPSA) is 95.2 Å². The molecule has 0 bridgehead atoms. The van der Waals surface area contributed by atoms with Gasteiger partial charge in [0.05, 0.1) is 5.22 Å². The average Bonchev–Trinajstić information content (AvgIpc) is 2.46. The Hall–Kier alpha value is -3.22. The molecule has 0 aliphatic carbocycles. The van der Waals surface area contributed by atoms with Crippen LogP contribution in [-0.4, -0.2) is 0 Å². The molecule has 0 unspecified atom stereocenters. The van der Waals surface area contributed by atoms with Crippen LogP contribution >= 0.6 is 0 Å². The molecule has 0 radical (unpaired) electrons. The van der Waals surface area contributed by atoms with E-state index in [-0.39, 0.29) is 16.3 Å². The van der Waals surface area contributed by atoms with E-state index in [2.05, 4.69) is 0 Å². The Morgan fingerprint density at radius 3 is 1.30 bits per heavy atom. The van der Waals surface area contributed by atoms with Gasteiger partial charge in [-0.15, -0.1) is 0 Å². The first-order valence-electron chi connectivity index (χ1n) is 5.27. The molecule has 0 aliphatic heterocycles. The fraction of sp³-hybridized carbons (Fsp3) is 0.143. The summed E-state index contributed by atoms with van der Waals surface area (Å²) in [5.41, 5.74) is -1.44. The molecular weight excluding hydrogens is 262 g/mol. The number of halogens is 2. The molecule has 1 aromatic carbocycles. The van der Waals surface area contributed by atoms with Crippen LogP contribution < -0.4 is 10.4 Å². The van der Waals surface area contributed by atoms with Crippen molar-refractivity contribution in [3.8, 4) is 24.3 Å². The molecule has 0 atom stereocenters. The molecular formula is C14H6F2N4. The highest BCUT2D eigenvalue weighted by Crippen LogP contribution is 2.07. The van der Waals surface area contributed by atoms with Crippen LogP contribution in [0.15, 0.2) is 0 Å². The quantitative estimate of drug-likeness (QED) is 0.700. The fourth-order valence-corrected chi connectivity index (χ4v) is 1.84. The first kappa shape index (κ1) is 14.8. The van der Waals surface area contributed by atoms with Gasteiger partial charge < -0.3 is 0 Å². The van der Waals surface area contributed by atoms with Gasteiger partial charge in [-0.3, -0.25) is 0 Å². The van der Waals surface area contributed by atoms with Crippen LogP contribution in [0.4, 0.5) is 8.78 Å². The summed E-state index contributed by atoms with van der Waals surface area (Å²) in [6.07, 6.45) is 0. The van der Waals surface area contributed by atoms with Gasteiger partial charge in [-0.05, 0) is 25.0 Å². The molecule has 0 aromatic heterocycles. The maximum atomic E-state index is 14.2. The maximum Gasteiger partial charge on any atom is 0.142 e. The van der Waals surface area contributed by atoms with Crippen molar-refractivity contribution < 1.29 is 8.78 Å². The number of rotatable bonds is 0. The minimum absolute atomic E-state index is 0.149. The zero-order valence-corrected chi connectivity index (χ0v) is 10.5. The summed E-state index contributed by atoms with van der Waals surface area (Å²) in [5, 5.41) is 34.2. The number of nitriles is 4.